The predicted octanol–water partition coefficient (Wildman–Crippen LogP) is -0.359. The lowest BCUT2D eigenvalue weighted by molar-refractivity contribution is -0.345. The Balaban J connectivity index is 1.68. The number of esters is 2. The molecule has 0 radical (unpaired) electrons. The second kappa shape index (κ2) is 7.49. The monoisotopic (exact) mass is 496 g/mol. The molecule has 2 heterocycles. The Morgan fingerprint density at radius 1 is 1.29 bits per heavy atom. The number of allylic oxidation sites excluding steroid dienone is 1. The molecule has 2 saturated heterocycles. The van der Waals surface area contributed by atoms with Gasteiger partial charge in [-0.05, 0) is 38.5 Å². The summed E-state index contributed by atoms with van der Waals surface area (Å²) in [4.78, 5) is 26.1. The number of hydrogen-bond donors (Lipinski definition) is 5. The van der Waals surface area contributed by atoms with Gasteiger partial charge < -0.3 is 39.7 Å². The average Bonchev–Trinajstić information content (AvgIpc) is 3.08. The zero-order chi connectivity index (χ0) is 25.9. The Morgan fingerprint density at radius 3 is 2.57 bits per heavy atom. The highest BCUT2D eigenvalue weighted by molar-refractivity contribution is 5.84. The van der Waals surface area contributed by atoms with Crippen LogP contribution in [0.1, 0.15) is 47.5 Å². The molecular weight excluding hydrogens is 460 g/mol. The van der Waals surface area contributed by atoms with Crippen molar-refractivity contribution in [1.29, 1.82) is 0 Å². The summed E-state index contributed by atoms with van der Waals surface area (Å²) < 4.78 is 17.4. The summed E-state index contributed by atoms with van der Waals surface area (Å²) in [6.45, 7) is 8.06. The first kappa shape index (κ1) is 25.1. The van der Waals surface area contributed by atoms with Crippen LogP contribution in [0.15, 0.2) is 11.6 Å². The molecule has 0 aromatic rings. The highest BCUT2D eigenvalue weighted by Crippen LogP contribution is 2.74. The van der Waals surface area contributed by atoms with Gasteiger partial charge in [0.1, 0.15) is 12.2 Å². The van der Waals surface area contributed by atoms with E-state index in [-0.39, 0.29) is 18.9 Å². The van der Waals surface area contributed by atoms with Gasteiger partial charge in [0.15, 0.2) is 11.4 Å². The zero-order valence-corrected chi connectivity index (χ0v) is 20.7. The molecule has 0 aromatic carbocycles. The number of carbonyl (C=O) groups is 2. The van der Waals surface area contributed by atoms with E-state index < -0.39 is 82.4 Å². The van der Waals surface area contributed by atoms with Crippen molar-refractivity contribution in [3.05, 3.63) is 11.6 Å². The van der Waals surface area contributed by atoms with Crippen molar-refractivity contribution in [3.63, 3.8) is 0 Å². The summed E-state index contributed by atoms with van der Waals surface area (Å²) in [5.41, 5.74) is -3.29. The number of fused-ring (bicyclic) bond motifs is 1. The molecule has 0 aromatic heterocycles. The van der Waals surface area contributed by atoms with Crippen molar-refractivity contribution >= 4 is 11.9 Å². The minimum Gasteiger partial charge on any atom is -0.459 e. The molecule has 4 fully saturated rings. The largest absolute Gasteiger partial charge is 0.459 e. The standard InChI is InChI=1S/C25H36O10/c1-6-22(4,31)21(30)35-16-15-11(3)17(27)25(32)20-23(5)12(10(2)7-13(26)18(23)28)8-14(34-19(16)29)24(15,20)9-33-25/h7,11-18,20,26-28,31-32H,6,8-9H2,1-5H3/t11-,12+,13+,14-,15-,16-,17-,18-,20-,22?,23-,24+,25?/m1/s1. The Hall–Kier alpha value is -1.56. The van der Waals surface area contributed by atoms with Crippen molar-refractivity contribution in [2.45, 2.75) is 89.4 Å². The summed E-state index contributed by atoms with van der Waals surface area (Å²) >= 11 is 0. The fourth-order valence-corrected chi connectivity index (χ4v) is 8.28. The van der Waals surface area contributed by atoms with Crippen LogP contribution in [0.5, 0.6) is 0 Å². The van der Waals surface area contributed by atoms with Gasteiger partial charge in [-0.15, -0.1) is 0 Å². The number of aliphatic hydroxyl groups excluding tert-OH is 3. The second-order valence-corrected chi connectivity index (χ2v) is 11.8. The van der Waals surface area contributed by atoms with Gasteiger partial charge in [0, 0.05) is 22.7 Å². The second-order valence-electron chi connectivity index (χ2n) is 11.8. The summed E-state index contributed by atoms with van der Waals surface area (Å²) in [5.74, 6) is -6.72. The van der Waals surface area contributed by atoms with E-state index in [0.717, 1.165) is 5.57 Å². The molecule has 2 saturated carbocycles. The SMILES string of the molecule is CCC(C)(O)C(=O)O[C@H]1C(=O)O[C@@H]2C[C@H]3C(C)=C[C@H](O)[C@@H](O)[C@]3(C)[C@H]3C4(O)OC[C@]32[C@@H]1[C@@H](C)[C@H]4O. The number of rotatable bonds is 3. The molecular formula is C25H36O10. The van der Waals surface area contributed by atoms with E-state index in [1.807, 2.05) is 6.92 Å². The fourth-order valence-electron chi connectivity index (χ4n) is 8.28. The van der Waals surface area contributed by atoms with E-state index in [9.17, 15) is 35.1 Å². The molecule has 35 heavy (non-hydrogen) atoms. The Morgan fingerprint density at radius 2 is 1.94 bits per heavy atom. The van der Waals surface area contributed by atoms with Gasteiger partial charge in [-0.2, -0.15) is 0 Å². The quantitative estimate of drug-likeness (QED) is 0.258. The van der Waals surface area contributed by atoms with Gasteiger partial charge in [-0.25, -0.2) is 9.59 Å². The predicted molar refractivity (Wildman–Crippen MR) is 118 cm³/mol. The molecule has 196 valence electrons. The van der Waals surface area contributed by atoms with Gasteiger partial charge in [-0.3, -0.25) is 0 Å². The van der Waals surface area contributed by atoms with Crippen LogP contribution >= 0.6 is 0 Å². The van der Waals surface area contributed by atoms with Gasteiger partial charge in [0.2, 0.25) is 6.10 Å². The maximum Gasteiger partial charge on any atom is 0.348 e. The van der Waals surface area contributed by atoms with Gasteiger partial charge in [0.05, 0.1) is 18.8 Å². The molecule has 2 unspecified atom stereocenters. The summed E-state index contributed by atoms with van der Waals surface area (Å²) in [6.07, 6.45) is -4.18. The lowest BCUT2D eigenvalue weighted by Gasteiger charge is -2.68. The fraction of sp³-hybridized carbons (Fsp3) is 0.840. The van der Waals surface area contributed by atoms with E-state index in [4.69, 9.17) is 14.2 Å². The van der Waals surface area contributed by atoms with Crippen LogP contribution in [-0.4, -0.2) is 86.0 Å². The number of aliphatic hydroxyl groups is 5. The average molecular weight is 497 g/mol. The smallest absolute Gasteiger partial charge is 0.348 e. The molecule has 10 nitrogen and oxygen atoms in total. The van der Waals surface area contributed by atoms with Crippen LogP contribution in [-0.2, 0) is 23.8 Å². The molecule has 0 amide bonds. The zero-order valence-electron chi connectivity index (χ0n) is 20.7. The molecule has 5 aliphatic rings. The van der Waals surface area contributed by atoms with E-state index >= 15 is 0 Å². The minimum absolute atomic E-state index is 0.0607. The third-order valence-corrected chi connectivity index (χ3v) is 10.2. The van der Waals surface area contributed by atoms with Crippen LogP contribution in [0, 0.1) is 34.5 Å². The van der Waals surface area contributed by atoms with Crippen molar-refractivity contribution < 1.29 is 49.3 Å². The van der Waals surface area contributed by atoms with Crippen molar-refractivity contribution in [2.75, 3.05) is 6.61 Å². The van der Waals surface area contributed by atoms with Crippen LogP contribution in [0.2, 0.25) is 0 Å². The molecule has 5 rings (SSSR count). The molecule has 13 atom stereocenters. The van der Waals surface area contributed by atoms with Crippen molar-refractivity contribution in [3.8, 4) is 0 Å². The highest BCUT2D eigenvalue weighted by atomic mass is 16.7. The molecule has 2 bridgehead atoms. The number of ether oxygens (including phenoxy) is 3. The molecule has 2 aliphatic heterocycles. The third-order valence-electron chi connectivity index (χ3n) is 10.2. The highest BCUT2D eigenvalue weighted by Gasteiger charge is 2.83. The first-order valence-corrected chi connectivity index (χ1v) is 12.4. The van der Waals surface area contributed by atoms with Crippen molar-refractivity contribution in [2.24, 2.45) is 34.5 Å². The van der Waals surface area contributed by atoms with E-state index in [2.05, 4.69) is 0 Å². The maximum atomic E-state index is 13.3. The molecule has 1 spiro atoms. The minimum atomic E-state index is -2.08. The van der Waals surface area contributed by atoms with Crippen LogP contribution in [0.4, 0.5) is 0 Å². The third kappa shape index (κ3) is 2.86. The summed E-state index contributed by atoms with van der Waals surface area (Å²) in [7, 11) is 0. The molecule has 5 N–H and O–H groups in total. The number of carbonyl (C=O) groups excluding carboxylic acids is 2. The molecule has 3 aliphatic carbocycles. The van der Waals surface area contributed by atoms with E-state index in [1.165, 1.54) is 6.92 Å². The maximum absolute atomic E-state index is 13.3. The van der Waals surface area contributed by atoms with Gasteiger partial charge in [0.25, 0.3) is 0 Å². The Kier molecular flexibility index (Phi) is 5.37. The van der Waals surface area contributed by atoms with Gasteiger partial charge >= 0.3 is 11.9 Å². The van der Waals surface area contributed by atoms with Crippen LogP contribution in [0.3, 0.4) is 0 Å². The lowest BCUT2D eigenvalue weighted by atomic mass is 9.38. The number of hydrogen-bond acceptors (Lipinski definition) is 10. The topological polar surface area (TPSA) is 163 Å². The first-order valence-electron chi connectivity index (χ1n) is 12.4. The van der Waals surface area contributed by atoms with Crippen LogP contribution < -0.4 is 0 Å². The Bertz CT molecular complexity index is 977. The van der Waals surface area contributed by atoms with Crippen molar-refractivity contribution in [1.82, 2.24) is 0 Å². The Labute approximate surface area is 203 Å². The lowest BCUT2D eigenvalue weighted by Crippen LogP contribution is -2.78. The molecule has 10 heteroatoms. The van der Waals surface area contributed by atoms with E-state index in [1.54, 1.807) is 26.8 Å². The normalized spacial score (nSPS) is 54.1. The first-order chi connectivity index (χ1) is 16.2. The van der Waals surface area contributed by atoms with Gasteiger partial charge in [-0.1, -0.05) is 32.4 Å². The van der Waals surface area contributed by atoms with Crippen LogP contribution in [0.25, 0.3) is 0 Å². The summed E-state index contributed by atoms with van der Waals surface area (Å²) in [5, 5.41) is 55.6. The van der Waals surface area contributed by atoms with E-state index in [0.29, 0.717) is 6.42 Å². The summed E-state index contributed by atoms with van der Waals surface area (Å²) in [6, 6.07) is 0.